The molecule has 1 aromatic rings. The van der Waals surface area contributed by atoms with Crippen LogP contribution in [-0.2, 0) is 16.8 Å². The summed E-state index contributed by atoms with van der Waals surface area (Å²) in [5, 5.41) is 0. The van der Waals surface area contributed by atoms with Gasteiger partial charge in [-0.2, -0.15) is 0 Å². The molecule has 0 saturated heterocycles. The summed E-state index contributed by atoms with van der Waals surface area (Å²) in [6.45, 7) is 2.87. The van der Waals surface area contributed by atoms with E-state index < -0.39 is 0 Å². The molecule has 1 fully saturated rings. The van der Waals surface area contributed by atoms with E-state index in [9.17, 15) is 4.79 Å². The number of carbonyl (C=O) groups excluding carboxylic acids is 1. The second-order valence-corrected chi connectivity index (χ2v) is 6.83. The highest BCUT2D eigenvalue weighted by Crippen LogP contribution is 2.45. The molecule has 0 bridgehead atoms. The number of nitrogens with zero attached hydrogens (tertiary/aromatic N) is 2. The monoisotopic (exact) mass is 286 g/mol. The van der Waals surface area contributed by atoms with E-state index in [0.717, 1.165) is 19.4 Å². The molecule has 3 rings (SSSR count). The molecule has 114 valence electrons. The first-order valence-corrected chi connectivity index (χ1v) is 8.12. The van der Waals surface area contributed by atoms with Gasteiger partial charge in [0.15, 0.2) is 0 Å². The average molecular weight is 286 g/mol. The van der Waals surface area contributed by atoms with Gasteiger partial charge in [-0.25, -0.2) is 0 Å². The summed E-state index contributed by atoms with van der Waals surface area (Å²) in [6, 6.07) is 8.58. The number of hydrogen-bond donors (Lipinski definition) is 0. The van der Waals surface area contributed by atoms with Gasteiger partial charge < -0.3 is 4.90 Å². The first-order valence-electron chi connectivity index (χ1n) is 8.12. The smallest absolute Gasteiger partial charge is 0.234 e. The third kappa shape index (κ3) is 2.28. The standard InChI is InChI=1S/C18H26N2O/c1-14(19(2)3)20-13-15-9-5-6-10-16(15)18(17(20)21)11-7-4-8-12-18/h5-6,9-10,14H,4,7-8,11-13H2,1-3H3. The van der Waals surface area contributed by atoms with Crippen molar-refractivity contribution >= 4 is 5.91 Å². The fraction of sp³-hybridized carbons (Fsp3) is 0.611. The van der Waals surface area contributed by atoms with Gasteiger partial charge in [0.25, 0.3) is 0 Å². The Kier molecular flexibility index (Phi) is 3.78. The number of hydrogen-bond acceptors (Lipinski definition) is 2. The third-order valence-corrected chi connectivity index (χ3v) is 5.45. The molecule has 1 aliphatic heterocycles. The van der Waals surface area contributed by atoms with Crippen molar-refractivity contribution in [3.05, 3.63) is 35.4 Å². The van der Waals surface area contributed by atoms with Gasteiger partial charge in [-0.3, -0.25) is 9.69 Å². The van der Waals surface area contributed by atoms with Gasteiger partial charge in [-0.15, -0.1) is 0 Å². The Labute approximate surface area is 127 Å². The van der Waals surface area contributed by atoms with E-state index in [4.69, 9.17) is 0 Å². The summed E-state index contributed by atoms with van der Waals surface area (Å²) in [6.07, 6.45) is 5.78. The van der Waals surface area contributed by atoms with Crippen LogP contribution < -0.4 is 0 Å². The van der Waals surface area contributed by atoms with E-state index in [1.54, 1.807) is 0 Å². The van der Waals surface area contributed by atoms with Crippen LogP contribution in [0.1, 0.15) is 50.2 Å². The molecular formula is C18H26N2O. The maximum absolute atomic E-state index is 13.3. The minimum atomic E-state index is -0.253. The molecule has 0 radical (unpaired) electrons. The van der Waals surface area contributed by atoms with E-state index in [2.05, 4.69) is 41.0 Å². The fourth-order valence-electron chi connectivity index (χ4n) is 3.99. The second kappa shape index (κ2) is 5.45. The van der Waals surface area contributed by atoms with Crippen molar-refractivity contribution in [1.82, 2.24) is 9.80 Å². The zero-order chi connectivity index (χ0) is 15.0. The molecule has 1 unspecified atom stereocenters. The van der Waals surface area contributed by atoms with Crippen LogP contribution in [0.5, 0.6) is 0 Å². The lowest BCUT2D eigenvalue weighted by atomic mass is 9.65. The van der Waals surface area contributed by atoms with Gasteiger partial charge >= 0.3 is 0 Å². The highest BCUT2D eigenvalue weighted by molar-refractivity contribution is 5.90. The van der Waals surface area contributed by atoms with Crippen LogP contribution in [0, 0.1) is 0 Å². The quantitative estimate of drug-likeness (QED) is 0.834. The van der Waals surface area contributed by atoms with E-state index in [-0.39, 0.29) is 11.6 Å². The van der Waals surface area contributed by atoms with Gasteiger partial charge in [0.1, 0.15) is 0 Å². The van der Waals surface area contributed by atoms with Crippen molar-refractivity contribution in [2.45, 2.75) is 57.2 Å². The molecule has 1 amide bonds. The molecule has 2 aliphatic rings. The minimum absolute atomic E-state index is 0.143. The Morgan fingerprint density at radius 1 is 1.14 bits per heavy atom. The molecule has 1 aromatic carbocycles. The first-order chi connectivity index (χ1) is 10.1. The fourth-order valence-corrected chi connectivity index (χ4v) is 3.99. The maximum atomic E-state index is 13.3. The largest absolute Gasteiger partial charge is 0.322 e. The molecule has 1 heterocycles. The van der Waals surface area contributed by atoms with Gasteiger partial charge in [0, 0.05) is 6.54 Å². The molecule has 3 nitrogen and oxygen atoms in total. The van der Waals surface area contributed by atoms with Crippen LogP contribution in [0.25, 0.3) is 0 Å². The summed E-state index contributed by atoms with van der Waals surface area (Å²) < 4.78 is 0. The van der Waals surface area contributed by atoms with Crippen molar-refractivity contribution in [1.29, 1.82) is 0 Å². The Bertz CT molecular complexity index is 532. The number of benzene rings is 1. The van der Waals surface area contributed by atoms with Crippen LogP contribution in [0.2, 0.25) is 0 Å². The zero-order valence-electron chi connectivity index (χ0n) is 13.4. The highest BCUT2D eigenvalue weighted by Gasteiger charge is 2.48. The Hall–Kier alpha value is -1.35. The topological polar surface area (TPSA) is 23.6 Å². The summed E-state index contributed by atoms with van der Waals surface area (Å²) in [5.74, 6) is 0.349. The van der Waals surface area contributed by atoms with Crippen molar-refractivity contribution in [3.8, 4) is 0 Å². The van der Waals surface area contributed by atoms with Gasteiger partial charge in [0.05, 0.1) is 11.6 Å². The third-order valence-electron chi connectivity index (χ3n) is 5.45. The molecule has 1 atom stereocenters. The van der Waals surface area contributed by atoms with E-state index in [0.29, 0.717) is 5.91 Å². The van der Waals surface area contributed by atoms with Gasteiger partial charge in [-0.1, -0.05) is 43.5 Å². The van der Waals surface area contributed by atoms with Crippen LogP contribution in [-0.4, -0.2) is 36.0 Å². The molecule has 0 N–H and O–H groups in total. The van der Waals surface area contributed by atoms with Crippen LogP contribution in [0.3, 0.4) is 0 Å². The Morgan fingerprint density at radius 2 is 1.81 bits per heavy atom. The van der Waals surface area contributed by atoms with E-state index >= 15 is 0 Å². The normalized spacial score (nSPS) is 22.5. The minimum Gasteiger partial charge on any atom is -0.322 e. The summed E-state index contributed by atoms with van der Waals surface area (Å²) in [5.41, 5.74) is 2.39. The number of carbonyl (C=O) groups is 1. The molecular weight excluding hydrogens is 260 g/mol. The highest BCUT2D eigenvalue weighted by atomic mass is 16.2. The first kappa shape index (κ1) is 14.6. The van der Waals surface area contributed by atoms with Crippen LogP contribution >= 0.6 is 0 Å². The van der Waals surface area contributed by atoms with Crippen molar-refractivity contribution < 1.29 is 4.79 Å². The molecule has 3 heteroatoms. The molecule has 1 aliphatic carbocycles. The lowest BCUT2D eigenvalue weighted by molar-refractivity contribution is -0.146. The lowest BCUT2D eigenvalue weighted by Crippen LogP contribution is -2.57. The predicted molar refractivity (Wildman–Crippen MR) is 84.9 cm³/mol. The Balaban J connectivity index is 2.07. The van der Waals surface area contributed by atoms with E-state index in [1.807, 2.05) is 14.1 Å². The van der Waals surface area contributed by atoms with Crippen molar-refractivity contribution in [3.63, 3.8) is 0 Å². The summed E-state index contributed by atoms with van der Waals surface area (Å²) in [4.78, 5) is 17.5. The van der Waals surface area contributed by atoms with Crippen molar-refractivity contribution in [2.24, 2.45) is 0 Å². The molecule has 1 spiro atoms. The molecule has 0 aromatic heterocycles. The number of amides is 1. The van der Waals surface area contributed by atoms with Crippen LogP contribution in [0.4, 0.5) is 0 Å². The van der Waals surface area contributed by atoms with Crippen molar-refractivity contribution in [2.75, 3.05) is 14.1 Å². The Morgan fingerprint density at radius 3 is 2.48 bits per heavy atom. The predicted octanol–water partition coefficient (Wildman–Crippen LogP) is 3.14. The van der Waals surface area contributed by atoms with Gasteiger partial charge in [-0.05, 0) is 45.0 Å². The summed E-state index contributed by atoms with van der Waals surface area (Å²) in [7, 11) is 4.10. The SMILES string of the molecule is CC(N(C)C)N1Cc2ccccc2C2(CCCCC2)C1=O. The zero-order valence-corrected chi connectivity index (χ0v) is 13.4. The number of rotatable bonds is 2. The summed E-state index contributed by atoms with van der Waals surface area (Å²) >= 11 is 0. The maximum Gasteiger partial charge on any atom is 0.234 e. The lowest BCUT2D eigenvalue weighted by Gasteiger charge is -2.48. The second-order valence-electron chi connectivity index (χ2n) is 6.83. The van der Waals surface area contributed by atoms with Gasteiger partial charge in [0.2, 0.25) is 5.91 Å². The van der Waals surface area contributed by atoms with E-state index in [1.165, 1.54) is 30.4 Å². The number of fused-ring (bicyclic) bond motifs is 2. The average Bonchev–Trinajstić information content (AvgIpc) is 2.51. The molecule has 21 heavy (non-hydrogen) atoms. The molecule has 1 saturated carbocycles. The van der Waals surface area contributed by atoms with Crippen LogP contribution in [0.15, 0.2) is 24.3 Å².